The van der Waals surface area contributed by atoms with E-state index in [0.29, 0.717) is 19.6 Å². The summed E-state index contributed by atoms with van der Waals surface area (Å²) in [6, 6.07) is 7.60. The van der Waals surface area contributed by atoms with E-state index in [0.717, 1.165) is 48.1 Å². The van der Waals surface area contributed by atoms with Crippen molar-refractivity contribution in [3.05, 3.63) is 69.9 Å². The van der Waals surface area contributed by atoms with Gasteiger partial charge in [-0.3, -0.25) is 19.5 Å². The van der Waals surface area contributed by atoms with Crippen LogP contribution in [0.15, 0.2) is 47.5 Å². The largest absolute Gasteiger partial charge is 0.396 e. The maximum Gasteiger partial charge on any atom is 0.258 e. The van der Waals surface area contributed by atoms with Crippen molar-refractivity contribution in [1.82, 2.24) is 19.8 Å². The second-order valence-electron chi connectivity index (χ2n) is 9.41. The number of rotatable bonds is 7. The molecular weight excluding hydrogens is 416 g/mol. The van der Waals surface area contributed by atoms with Gasteiger partial charge in [-0.15, -0.1) is 0 Å². The molecule has 1 saturated heterocycles. The fourth-order valence-electron chi connectivity index (χ4n) is 5.97. The molecule has 7 heteroatoms. The summed E-state index contributed by atoms with van der Waals surface area (Å²) in [5.41, 5.74) is 3.93. The van der Waals surface area contributed by atoms with Gasteiger partial charge in [-0.1, -0.05) is 13.0 Å². The van der Waals surface area contributed by atoms with Gasteiger partial charge < -0.3 is 15.0 Å². The summed E-state index contributed by atoms with van der Waals surface area (Å²) in [7, 11) is 0. The Kier molecular flexibility index (Phi) is 6.17. The van der Waals surface area contributed by atoms with Crippen molar-refractivity contribution in [3.8, 4) is 0 Å². The zero-order valence-electron chi connectivity index (χ0n) is 19.1. The summed E-state index contributed by atoms with van der Waals surface area (Å²) in [6.45, 7) is 3.68. The number of amides is 1. The number of hydrogen-bond donors (Lipinski definition) is 2. The number of carbonyl (C=O) groups is 1. The maximum absolute atomic E-state index is 13.6. The molecule has 1 fully saturated rings. The number of aliphatic hydroxyl groups is 1. The van der Waals surface area contributed by atoms with Gasteiger partial charge in [-0.2, -0.15) is 0 Å². The van der Waals surface area contributed by atoms with E-state index in [9.17, 15) is 14.7 Å². The Morgan fingerprint density at radius 3 is 2.76 bits per heavy atom. The Morgan fingerprint density at radius 1 is 1.24 bits per heavy atom. The minimum Gasteiger partial charge on any atom is -0.396 e. The van der Waals surface area contributed by atoms with E-state index in [2.05, 4.69) is 21.3 Å². The molecule has 2 aromatic rings. The first-order valence-corrected chi connectivity index (χ1v) is 12.1. The van der Waals surface area contributed by atoms with Gasteiger partial charge >= 0.3 is 0 Å². The number of hydrogen-bond acceptors (Lipinski definition) is 5. The molecule has 1 aliphatic carbocycles. The Bertz CT molecular complexity index is 1110. The zero-order chi connectivity index (χ0) is 22.9. The van der Waals surface area contributed by atoms with Gasteiger partial charge in [0, 0.05) is 61.9 Å². The van der Waals surface area contributed by atoms with Crippen molar-refractivity contribution >= 4 is 11.5 Å². The van der Waals surface area contributed by atoms with Crippen LogP contribution in [0.4, 0.5) is 0 Å². The number of allylic oxidation sites excluding steroid dienone is 2. The molecule has 2 aromatic heterocycles. The van der Waals surface area contributed by atoms with Crippen LogP contribution in [0, 0.1) is 11.8 Å². The van der Waals surface area contributed by atoms with Crippen LogP contribution < -0.4 is 10.9 Å². The molecular formula is C26H32N4O3. The van der Waals surface area contributed by atoms with E-state index >= 15 is 0 Å². The Labute approximate surface area is 194 Å². The van der Waals surface area contributed by atoms with E-state index in [-0.39, 0.29) is 36.1 Å². The standard InChI is InChI=1S/C26H32N4O3/c1-2-11-28-25(32)23-20(16-31)22-15-30-21(8-7-19(26(30)33)18-5-3-4-6-18)24(23)29(22)14-17-9-12-27-13-10-17/h5,7-10,12-13,20,22-24,31H,2-4,6,11,14-16H2,1H3,(H,28,32)/t20-,22-,23+,24+/m1/s1. The first kappa shape index (κ1) is 22.0. The van der Waals surface area contributed by atoms with Crippen LogP contribution in [0.1, 0.15) is 55.5 Å². The van der Waals surface area contributed by atoms with Crippen LogP contribution in [0.5, 0.6) is 0 Å². The van der Waals surface area contributed by atoms with E-state index < -0.39 is 5.92 Å². The first-order chi connectivity index (χ1) is 16.1. The van der Waals surface area contributed by atoms with Crippen molar-refractivity contribution in [1.29, 1.82) is 0 Å². The summed E-state index contributed by atoms with van der Waals surface area (Å²) in [5.74, 6) is -0.674. The van der Waals surface area contributed by atoms with Crippen molar-refractivity contribution in [2.75, 3.05) is 13.2 Å². The number of aliphatic hydroxyl groups excluding tert-OH is 1. The predicted molar refractivity (Wildman–Crippen MR) is 126 cm³/mol. The van der Waals surface area contributed by atoms with Gasteiger partial charge in [-0.25, -0.2) is 0 Å². The zero-order valence-corrected chi connectivity index (χ0v) is 19.1. The average molecular weight is 449 g/mol. The molecule has 3 aliphatic rings. The van der Waals surface area contributed by atoms with Gasteiger partial charge in [-0.05, 0) is 61.1 Å². The molecule has 2 N–H and O–H groups in total. The third-order valence-electron chi connectivity index (χ3n) is 7.52. The summed E-state index contributed by atoms with van der Waals surface area (Å²) in [6.07, 6.45) is 9.63. The number of aromatic nitrogens is 2. The molecule has 33 heavy (non-hydrogen) atoms. The third kappa shape index (κ3) is 3.83. The smallest absolute Gasteiger partial charge is 0.258 e. The summed E-state index contributed by atoms with van der Waals surface area (Å²) in [5, 5.41) is 13.5. The summed E-state index contributed by atoms with van der Waals surface area (Å²) >= 11 is 0. The molecule has 174 valence electrons. The fourth-order valence-corrected chi connectivity index (χ4v) is 5.97. The highest BCUT2D eigenvalue weighted by molar-refractivity contribution is 5.80. The third-order valence-corrected chi connectivity index (χ3v) is 7.52. The van der Waals surface area contributed by atoms with Crippen molar-refractivity contribution in [3.63, 3.8) is 0 Å². The predicted octanol–water partition coefficient (Wildman–Crippen LogP) is 2.50. The van der Waals surface area contributed by atoms with E-state index in [1.165, 1.54) is 0 Å². The van der Waals surface area contributed by atoms with Crippen LogP contribution >= 0.6 is 0 Å². The SMILES string of the molecule is CCCNC(=O)[C@H]1[C@H](CO)[C@H]2Cn3c(ccc(C4=CCCC4)c3=O)[C@@H]1N2Cc1ccncc1. The van der Waals surface area contributed by atoms with E-state index in [4.69, 9.17) is 0 Å². The highest BCUT2D eigenvalue weighted by Gasteiger charge is 2.55. The number of fused-ring (bicyclic) bond motifs is 4. The van der Waals surface area contributed by atoms with Crippen LogP contribution in [0.25, 0.3) is 5.57 Å². The molecule has 5 rings (SSSR count). The second kappa shape index (κ2) is 9.23. The molecule has 4 heterocycles. The average Bonchev–Trinajstić information content (AvgIpc) is 3.43. The molecule has 2 bridgehead atoms. The number of pyridine rings is 2. The molecule has 7 nitrogen and oxygen atoms in total. The molecule has 0 saturated carbocycles. The van der Waals surface area contributed by atoms with Gasteiger partial charge in [0.05, 0.1) is 12.0 Å². The van der Waals surface area contributed by atoms with Crippen molar-refractivity contribution in [2.45, 2.75) is 57.8 Å². The normalized spacial score (nSPS) is 26.2. The summed E-state index contributed by atoms with van der Waals surface area (Å²) < 4.78 is 1.88. The van der Waals surface area contributed by atoms with E-state index in [1.807, 2.05) is 35.8 Å². The molecule has 2 aliphatic heterocycles. The quantitative estimate of drug-likeness (QED) is 0.680. The lowest BCUT2D eigenvalue weighted by Crippen LogP contribution is -2.46. The summed E-state index contributed by atoms with van der Waals surface area (Å²) in [4.78, 5) is 33.3. The fraction of sp³-hybridized carbons (Fsp3) is 0.500. The molecule has 4 atom stereocenters. The highest BCUT2D eigenvalue weighted by Crippen LogP contribution is 2.49. The lowest BCUT2D eigenvalue weighted by molar-refractivity contribution is -0.127. The number of carbonyl (C=O) groups excluding carboxylic acids is 1. The van der Waals surface area contributed by atoms with Crippen LogP contribution in [-0.2, 0) is 17.9 Å². The second-order valence-corrected chi connectivity index (χ2v) is 9.41. The van der Waals surface area contributed by atoms with Gasteiger partial charge in [0.25, 0.3) is 5.56 Å². The Balaban J connectivity index is 1.59. The van der Waals surface area contributed by atoms with Gasteiger partial charge in [0.2, 0.25) is 5.91 Å². The lowest BCUT2D eigenvalue weighted by Gasteiger charge is -2.38. The van der Waals surface area contributed by atoms with Gasteiger partial charge in [0.1, 0.15) is 0 Å². The Hall–Kier alpha value is -2.77. The van der Waals surface area contributed by atoms with Crippen LogP contribution in [0.3, 0.4) is 0 Å². The van der Waals surface area contributed by atoms with E-state index in [1.54, 1.807) is 12.4 Å². The molecule has 0 unspecified atom stereocenters. The topological polar surface area (TPSA) is 87.5 Å². The minimum absolute atomic E-state index is 0.0329. The monoisotopic (exact) mass is 448 g/mol. The lowest BCUT2D eigenvalue weighted by atomic mass is 9.86. The molecule has 0 radical (unpaired) electrons. The number of nitrogens with zero attached hydrogens (tertiary/aromatic N) is 3. The van der Waals surface area contributed by atoms with Crippen LogP contribution in [0.2, 0.25) is 0 Å². The van der Waals surface area contributed by atoms with Crippen molar-refractivity contribution < 1.29 is 9.90 Å². The number of nitrogens with one attached hydrogen (secondary N) is 1. The van der Waals surface area contributed by atoms with Crippen LogP contribution in [-0.4, -0.2) is 44.7 Å². The van der Waals surface area contributed by atoms with Gasteiger partial charge in [0.15, 0.2) is 0 Å². The minimum atomic E-state index is -0.405. The van der Waals surface area contributed by atoms with Crippen molar-refractivity contribution in [2.24, 2.45) is 11.8 Å². The maximum atomic E-state index is 13.6. The highest BCUT2D eigenvalue weighted by atomic mass is 16.3. The molecule has 1 amide bonds. The molecule has 0 aromatic carbocycles. The Morgan fingerprint density at radius 2 is 2.06 bits per heavy atom. The first-order valence-electron chi connectivity index (χ1n) is 12.1. The molecule has 0 spiro atoms.